The van der Waals surface area contributed by atoms with Crippen LogP contribution in [-0.4, -0.2) is 37.4 Å². The molecule has 0 spiro atoms. The number of aryl methyl sites for hydroxylation is 1. The zero-order valence-electron chi connectivity index (χ0n) is 16.0. The first kappa shape index (κ1) is 19.2. The fraction of sp³-hybridized carbons (Fsp3) is 0.250. The number of carbonyl (C=O) groups excluding carboxylic acids is 1. The van der Waals surface area contributed by atoms with Crippen LogP contribution < -0.4 is 14.2 Å². The maximum absolute atomic E-state index is 12.4. The van der Waals surface area contributed by atoms with Crippen LogP contribution >= 0.6 is 0 Å². The van der Waals surface area contributed by atoms with Gasteiger partial charge in [-0.2, -0.15) is 4.98 Å². The summed E-state index contributed by atoms with van der Waals surface area (Å²) in [6, 6.07) is 10.5. The second kappa shape index (κ2) is 8.43. The fourth-order valence-corrected chi connectivity index (χ4v) is 2.59. The lowest BCUT2D eigenvalue weighted by Gasteiger charge is -2.08. The smallest absolute Gasteiger partial charge is 0.342 e. The SMILES string of the molecule is COc1ccc(-c2noc(COC(=O)c3cc(C)ccc3OC)n2)cc1OC. The van der Waals surface area contributed by atoms with Crippen LogP contribution in [0.5, 0.6) is 17.2 Å². The molecule has 3 aromatic rings. The molecule has 0 saturated carbocycles. The minimum Gasteiger partial charge on any atom is -0.496 e. The van der Waals surface area contributed by atoms with E-state index >= 15 is 0 Å². The van der Waals surface area contributed by atoms with Gasteiger partial charge in [0.25, 0.3) is 5.89 Å². The lowest BCUT2D eigenvalue weighted by molar-refractivity contribution is 0.0426. The van der Waals surface area contributed by atoms with Crippen molar-refractivity contribution in [2.24, 2.45) is 0 Å². The van der Waals surface area contributed by atoms with Crippen molar-refractivity contribution in [3.63, 3.8) is 0 Å². The third kappa shape index (κ3) is 4.06. The van der Waals surface area contributed by atoms with Gasteiger partial charge >= 0.3 is 5.97 Å². The standard InChI is InChI=1S/C20H20N2O6/c1-12-5-7-15(24-2)14(9-12)20(23)27-11-18-21-19(22-28-18)13-6-8-16(25-3)17(10-13)26-4/h5-10H,11H2,1-4H3. The van der Waals surface area contributed by atoms with Crippen LogP contribution in [0.25, 0.3) is 11.4 Å². The van der Waals surface area contributed by atoms with Crippen LogP contribution in [0.1, 0.15) is 21.8 Å². The van der Waals surface area contributed by atoms with Gasteiger partial charge in [0.15, 0.2) is 18.1 Å². The zero-order valence-corrected chi connectivity index (χ0v) is 16.0. The quantitative estimate of drug-likeness (QED) is 0.572. The molecule has 28 heavy (non-hydrogen) atoms. The first-order chi connectivity index (χ1) is 13.5. The molecule has 0 unspecified atom stereocenters. The number of hydrogen-bond acceptors (Lipinski definition) is 8. The third-order valence-electron chi connectivity index (χ3n) is 4.01. The Morgan fingerprint density at radius 3 is 2.39 bits per heavy atom. The van der Waals surface area contributed by atoms with Crippen molar-refractivity contribution in [3.8, 4) is 28.6 Å². The van der Waals surface area contributed by atoms with E-state index in [0.717, 1.165) is 5.56 Å². The molecule has 0 radical (unpaired) electrons. The maximum Gasteiger partial charge on any atom is 0.342 e. The Labute approximate surface area is 162 Å². The monoisotopic (exact) mass is 384 g/mol. The molecule has 8 nitrogen and oxygen atoms in total. The van der Waals surface area contributed by atoms with Crippen molar-refractivity contribution in [1.29, 1.82) is 0 Å². The molecule has 0 saturated heterocycles. The summed E-state index contributed by atoms with van der Waals surface area (Å²) in [5, 5.41) is 3.92. The predicted octanol–water partition coefficient (Wildman–Crippen LogP) is 3.43. The van der Waals surface area contributed by atoms with E-state index in [1.807, 2.05) is 13.0 Å². The number of aromatic nitrogens is 2. The van der Waals surface area contributed by atoms with Gasteiger partial charge in [0, 0.05) is 5.56 Å². The highest BCUT2D eigenvalue weighted by molar-refractivity contribution is 5.92. The average molecular weight is 384 g/mol. The summed E-state index contributed by atoms with van der Waals surface area (Å²) in [4.78, 5) is 16.6. The number of rotatable bonds is 7. The van der Waals surface area contributed by atoms with Gasteiger partial charge in [-0.05, 0) is 37.3 Å². The highest BCUT2D eigenvalue weighted by atomic mass is 16.6. The van der Waals surface area contributed by atoms with E-state index in [9.17, 15) is 4.79 Å². The fourth-order valence-electron chi connectivity index (χ4n) is 2.59. The largest absolute Gasteiger partial charge is 0.496 e. The summed E-state index contributed by atoms with van der Waals surface area (Å²) in [5.74, 6) is 1.56. The molecule has 146 valence electrons. The molecule has 0 aliphatic rings. The molecule has 0 fully saturated rings. The van der Waals surface area contributed by atoms with Crippen LogP contribution in [0.4, 0.5) is 0 Å². The average Bonchev–Trinajstić information content (AvgIpc) is 3.20. The Bertz CT molecular complexity index is 983. The molecule has 2 aromatic carbocycles. The van der Waals surface area contributed by atoms with Crippen molar-refractivity contribution in [1.82, 2.24) is 10.1 Å². The molecule has 0 aliphatic carbocycles. The molecule has 8 heteroatoms. The highest BCUT2D eigenvalue weighted by Crippen LogP contribution is 2.31. The van der Waals surface area contributed by atoms with Crippen molar-refractivity contribution in [2.75, 3.05) is 21.3 Å². The van der Waals surface area contributed by atoms with Gasteiger partial charge < -0.3 is 23.5 Å². The maximum atomic E-state index is 12.4. The van der Waals surface area contributed by atoms with Gasteiger partial charge in [-0.25, -0.2) is 4.79 Å². The van der Waals surface area contributed by atoms with Crippen molar-refractivity contribution >= 4 is 5.97 Å². The number of carbonyl (C=O) groups is 1. The van der Waals surface area contributed by atoms with E-state index in [0.29, 0.717) is 34.2 Å². The molecule has 0 amide bonds. The van der Waals surface area contributed by atoms with Crippen molar-refractivity contribution in [3.05, 3.63) is 53.4 Å². The van der Waals surface area contributed by atoms with Crippen LogP contribution in [0.15, 0.2) is 40.9 Å². The second-order valence-electron chi connectivity index (χ2n) is 5.86. The number of methoxy groups -OCH3 is 3. The zero-order chi connectivity index (χ0) is 20.1. The number of ether oxygens (including phenoxy) is 4. The summed E-state index contributed by atoms with van der Waals surface area (Å²) in [6.07, 6.45) is 0. The van der Waals surface area contributed by atoms with E-state index in [1.54, 1.807) is 44.6 Å². The van der Waals surface area contributed by atoms with Crippen LogP contribution in [0, 0.1) is 6.92 Å². The third-order valence-corrected chi connectivity index (χ3v) is 4.01. The number of nitrogens with zero attached hydrogens (tertiary/aromatic N) is 2. The molecule has 1 heterocycles. The Balaban J connectivity index is 1.72. The molecule has 0 N–H and O–H groups in total. The molecular weight excluding hydrogens is 364 g/mol. The van der Waals surface area contributed by atoms with Gasteiger partial charge in [-0.1, -0.05) is 16.8 Å². The minimum absolute atomic E-state index is 0.157. The van der Waals surface area contributed by atoms with Gasteiger partial charge in [0.05, 0.1) is 21.3 Å². The molecule has 0 bridgehead atoms. The minimum atomic E-state index is -0.536. The lowest BCUT2D eigenvalue weighted by Crippen LogP contribution is -2.07. The lowest BCUT2D eigenvalue weighted by atomic mass is 10.1. The number of hydrogen-bond donors (Lipinski definition) is 0. The molecular formula is C20H20N2O6. The van der Waals surface area contributed by atoms with E-state index in [1.165, 1.54) is 7.11 Å². The highest BCUT2D eigenvalue weighted by Gasteiger charge is 2.17. The first-order valence-electron chi connectivity index (χ1n) is 8.42. The predicted molar refractivity (Wildman–Crippen MR) is 99.7 cm³/mol. The summed E-state index contributed by atoms with van der Waals surface area (Å²) < 4.78 is 26.1. The van der Waals surface area contributed by atoms with Gasteiger partial charge in [0.2, 0.25) is 5.82 Å². The van der Waals surface area contributed by atoms with Crippen molar-refractivity contribution < 1.29 is 28.3 Å². The Hall–Kier alpha value is -3.55. The number of esters is 1. The van der Waals surface area contributed by atoms with E-state index in [-0.39, 0.29) is 12.5 Å². The Morgan fingerprint density at radius 1 is 0.964 bits per heavy atom. The van der Waals surface area contributed by atoms with Gasteiger partial charge in [-0.15, -0.1) is 0 Å². The molecule has 0 aliphatic heterocycles. The van der Waals surface area contributed by atoms with Crippen LogP contribution in [0.2, 0.25) is 0 Å². The summed E-state index contributed by atoms with van der Waals surface area (Å²) in [6.45, 7) is 1.72. The molecule has 0 atom stereocenters. The van der Waals surface area contributed by atoms with Crippen molar-refractivity contribution in [2.45, 2.75) is 13.5 Å². The van der Waals surface area contributed by atoms with Gasteiger partial charge in [0.1, 0.15) is 11.3 Å². The van der Waals surface area contributed by atoms with E-state index in [4.69, 9.17) is 23.5 Å². The second-order valence-corrected chi connectivity index (χ2v) is 5.86. The normalized spacial score (nSPS) is 10.4. The Kier molecular flexibility index (Phi) is 5.78. The van der Waals surface area contributed by atoms with E-state index in [2.05, 4.69) is 10.1 Å². The van der Waals surface area contributed by atoms with Crippen LogP contribution in [-0.2, 0) is 11.3 Å². The van der Waals surface area contributed by atoms with E-state index < -0.39 is 5.97 Å². The number of benzene rings is 2. The van der Waals surface area contributed by atoms with Gasteiger partial charge in [-0.3, -0.25) is 0 Å². The summed E-state index contributed by atoms with van der Waals surface area (Å²) in [5.41, 5.74) is 1.93. The first-order valence-corrected chi connectivity index (χ1v) is 8.42. The molecule has 3 rings (SSSR count). The summed E-state index contributed by atoms with van der Waals surface area (Å²) >= 11 is 0. The van der Waals surface area contributed by atoms with Crippen LogP contribution in [0.3, 0.4) is 0 Å². The Morgan fingerprint density at radius 2 is 1.68 bits per heavy atom. The topological polar surface area (TPSA) is 92.9 Å². The molecule has 1 aromatic heterocycles. The summed E-state index contributed by atoms with van der Waals surface area (Å²) in [7, 11) is 4.60.